The second kappa shape index (κ2) is 12.5. The van der Waals surface area contributed by atoms with E-state index in [0.29, 0.717) is 18.6 Å². The predicted molar refractivity (Wildman–Crippen MR) is 186 cm³/mol. The van der Waals surface area contributed by atoms with Crippen molar-refractivity contribution >= 4 is 28.7 Å². The van der Waals surface area contributed by atoms with E-state index in [4.69, 9.17) is 15.0 Å². The molecule has 3 N–H and O–H groups in total. The molecule has 2 atom stereocenters. The van der Waals surface area contributed by atoms with Gasteiger partial charge in [-0.15, -0.1) is 0 Å². The summed E-state index contributed by atoms with van der Waals surface area (Å²) in [7, 11) is 2.00. The standard InChI is InChI=1S/C39H41N5O3.ClH/c1-8-24-19(3)28-17-31-25(9-2)20(4)36(42-31)35(23-12-14-44(7)15-13-23)37-21(5)26(10-11-33(46)47)38(43-37)27-16-32(45)34-22(6)29(41-39(27)34)18-30(24)40-28;/h12-15,17-18,21,26H,8-11,16H2,1-7H3,(H2,40,41,42,45,46,47);1H/t21-,26-;/m0./s1. The third-order valence-corrected chi connectivity index (χ3v) is 10.6. The number of allylic oxidation sites excluding steroid dienone is 12. The number of halogens is 1. The van der Waals surface area contributed by atoms with Crippen LogP contribution in [0.1, 0.15) is 79.2 Å². The number of aliphatic carboxylic acids is 1. The Morgan fingerprint density at radius 1 is 0.917 bits per heavy atom. The number of aromatic nitrogens is 1. The molecule has 0 unspecified atom stereocenters. The van der Waals surface area contributed by atoms with Crippen molar-refractivity contribution in [3.05, 3.63) is 115 Å². The topological polar surface area (TPSA) is 111 Å². The zero-order valence-corrected chi connectivity index (χ0v) is 29.4. The molecule has 6 aliphatic rings. The maximum atomic E-state index is 11.9. The molecule has 48 heavy (non-hydrogen) atoms. The van der Waals surface area contributed by atoms with E-state index >= 15 is 0 Å². The van der Waals surface area contributed by atoms with Gasteiger partial charge < -0.3 is 27.9 Å². The first-order chi connectivity index (χ1) is 22.5. The van der Waals surface area contributed by atoms with Crippen LogP contribution in [0.4, 0.5) is 0 Å². The Kier molecular flexibility index (Phi) is 8.66. The summed E-state index contributed by atoms with van der Waals surface area (Å²) in [6.45, 7) is 12.8. The Labute approximate surface area is 288 Å². The summed E-state index contributed by atoms with van der Waals surface area (Å²) in [6, 6.07) is 4.24. The first-order valence-electron chi connectivity index (χ1n) is 16.7. The van der Waals surface area contributed by atoms with Gasteiger partial charge in [0.2, 0.25) is 0 Å². The van der Waals surface area contributed by atoms with Crippen molar-refractivity contribution < 1.29 is 32.0 Å². The molecule has 6 heterocycles. The van der Waals surface area contributed by atoms with Gasteiger partial charge in [-0.05, 0) is 85.6 Å². The van der Waals surface area contributed by atoms with Gasteiger partial charge in [-0.25, -0.2) is 19.5 Å². The van der Waals surface area contributed by atoms with Crippen LogP contribution in [0, 0.1) is 11.8 Å². The summed E-state index contributed by atoms with van der Waals surface area (Å²) in [5.74, 6) is -0.662. The number of carboxylic acid groups (broad SMARTS) is 1. The van der Waals surface area contributed by atoms with Crippen molar-refractivity contribution in [1.29, 1.82) is 0 Å². The van der Waals surface area contributed by atoms with Gasteiger partial charge in [-0.3, -0.25) is 4.79 Å². The lowest BCUT2D eigenvalue weighted by atomic mass is 9.83. The number of aliphatic hydroxyl groups excluding tert-OH is 1. The number of hydrogen-bond acceptors (Lipinski definition) is 6. The van der Waals surface area contributed by atoms with Crippen LogP contribution in [-0.4, -0.2) is 33.3 Å². The van der Waals surface area contributed by atoms with Crippen LogP contribution >= 0.6 is 0 Å². The zero-order chi connectivity index (χ0) is 33.3. The Hall–Kier alpha value is -4.56. The number of aliphatic imine (C=N–C) groups is 3. The minimum absolute atomic E-state index is 0. The summed E-state index contributed by atoms with van der Waals surface area (Å²) in [6.07, 6.45) is 10.8. The third-order valence-electron chi connectivity index (χ3n) is 10.6. The molecule has 8 bridgehead atoms. The second-order valence-corrected chi connectivity index (χ2v) is 13.3. The van der Waals surface area contributed by atoms with Gasteiger partial charge in [0.1, 0.15) is 12.8 Å². The number of carboxylic acids is 1. The molecule has 5 aliphatic heterocycles. The molecule has 1 aliphatic carbocycles. The molecule has 1 aromatic rings. The molecular weight excluding hydrogens is 622 g/mol. The van der Waals surface area contributed by atoms with Crippen LogP contribution in [-0.2, 0) is 11.8 Å². The first-order valence-corrected chi connectivity index (χ1v) is 16.7. The van der Waals surface area contributed by atoms with Gasteiger partial charge in [0, 0.05) is 64.9 Å². The van der Waals surface area contributed by atoms with Crippen molar-refractivity contribution in [1.82, 2.24) is 5.32 Å². The lowest BCUT2D eigenvalue weighted by Crippen LogP contribution is -3.00. The molecule has 1 aromatic heterocycles. The van der Waals surface area contributed by atoms with Crippen molar-refractivity contribution in [2.75, 3.05) is 0 Å². The predicted octanol–water partition coefficient (Wildman–Crippen LogP) is 4.29. The van der Waals surface area contributed by atoms with Crippen LogP contribution in [0.5, 0.6) is 0 Å². The number of aryl methyl sites for hydroxylation is 1. The molecule has 0 radical (unpaired) electrons. The molecular formula is C39H42ClN5O3. The second-order valence-electron chi connectivity index (χ2n) is 13.3. The maximum absolute atomic E-state index is 11.9. The fraction of sp³-hybridized carbons (Fsp3) is 0.359. The molecule has 9 heteroatoms. The molecule has 248 valence electrons. The molecule has 1 fully saturated rings. The number of carbonyl (C=O) groups is 1. The molecule has 0 spiro atoms. The smallest absolute Gasteiger partial charge is 0.303 e. The van der Waals surface area contributed by atoms with E-state index < -0.39 is 5.97 Å². The van der Waals surface area contributed by atoms with Crippen LogP contribution in [0.15, 0.2) is 125 Å². The maximum Gasteiger partial charge on any atom is 0.303 e. The van der Waals surface area contributed by atoms with E-state index in [1.807, 2.05) is 30.9 Å². The average Bonchev–Trinajstić information content (AvgIpc) is 3.79. The first kappa shape index (κ1) is 33.3. The zero-order valence-electron chi connectivity index (χ0n) is 28.6. The summed E-state index contributed by atoms with van der Waals surface area (Å²) >= 11 is 0. The summed E-state index contributed by atoms with van der Waals surface area (Å²) in [4.78, 5) is 27.6. The van der Waals surface area contributed by atoms with E-state index in [9.17, 15) is 15.0 Å². The SMILES string of the molecule is CCC1=C(C)C2=NC1=CC1=C(C)C3=C(O)CC(=C4NC(=C(c5cc[n+](C)cc5)C5=NC(=C2)C(CC)=C5C)[C@@H](C)[C@@H]4CCC(=O)O)C3=N1.[Cl-]. The summed E-state index contributed by atoms with van der Waals surface area (Å²) in [5.41, 5.74) is 16.5. The molecule has 1 saturated heterocycles. The highest BCUT2D eigenvalue weighted by Gasteiger charge is 2.43. The van der Waals surface area contributed by atoms with E-state index in [0.717, 1.165) is 97.5 Å². The van der Waals surface area contributed by atoms with Crippen LogP contribution in [0.2, 0.25) is 0 Å². The molecule has 7 rings (SSSR count). The van der Waals surface area contributed by atoms with Gasteiger partial charge in [-0.1, -0.05) is 20.8 Å². The van der Waals surface area contributed by atoms with Crippen LogP contribution in [0.25, 0.3) is 5.57 Å². The Morgan fingerprint density at radius 2 is 1.58 bits per heavy atom. The number of aliphatic hydroxyl groups is 1. The highest BCUT2D eigenvalue weighted by molar-refractivity contribution is 6.34. The largest absolute Gasteiger partial charge is 1.00 e. The monoisotopic (exact) mass is 663 g/mol. The average molecular weight is 664 g/mol. The molecule has 0 amide bonds. The van der Waals surface area contributed by atoms with Crippen LogP contribution in [0.3, 0.4) is 0 Å². The molecule has 8 nitrogen and oxygen atoms in total. The van der Waals surface area contributed by atoms with E-state index in [2.05, 4.69) is 64.2 Å². The van der Waals surface area contributed by atoms with Gasteiger partial charge in [0.15, 0.2) is 12.4 Å². The van der Waals surface area contributed by atoms with Crippen molar-refractivity contribution in [3.8, 4) is 0 Å². The number of pyridine rings is 1. The minimum atomic E-state index is -0.821. The van der Waals surface area contributed by atoms with Gasteiger partial charge in [0.25, 0.3) is 0 Å². The Balaban J connectivity index is 0.00000401. The third kappa shape index (κ3) is 5.17. The number of nitrogens with one attached hydrogen (secondary N) is 1. The lowest BCUT2D eigenvalue weighted by molar-refractivity contribution is -0.671. The summed E-state index contributed by atoms with van der Waals surface area (Å²) in [5, 5.41) is 25.0. The fourth-order valence-electron chi connectivity index (χ4n) is 8.00. The Bertz CT molecular complexity index is 2030. The van der Waals surface area contributed by atoms with Gasteiger partial charge in [-0.2, -0.15) is 0 Å². The fourth-order valence-corrected chi connectivity index (χ4v) is 8.00. The van der Waals surface area contributed by atoms with Gasteiger partial charge in [0.05, 0.1) is 34.2 Å². The minimum Gasteiger partial charge on any atom is -1.00 e. The van der Waals surface area contributed by atoms with E-state index in [1.54, 1.807) is 0 Å². The highest BCUT2D eigenvalue weighted by Crippen LogP contribution is 2.48. The normalized spacial score (nSPS) is 23.1. The van der Waals surface area contributed by atoms with E-state index in [1.165, 1.54) is 11.1 Å². The number of nitrogens with zero attached hydrogens (tertiary/aromatic N) is 4. The lowest BCUT2D eigenvalue weighted by Gasteiger charge is -2.18. The van der Waals surface area contributed by atoms with Gasteiger partial charge >= 0.3 is 5.97 Å². The highest BCUT2D eigenvalue weighted by atomic mass is 35.5. The number of hydrogen-bond donors (Lipinski definition) is 3. The number of rotatable bonds is 6. The molecule has 0 aromatic carbocycles. The molecule has 0 saturated carbocycles. The quantitative estimate of drug-likeness (QED) is 0.395. The summed E-state index contributed by atoms with van der Waals surface area (Å²) < 4.78 is 2.02. The van der Waals surface area contributed by atoms with Crippen molar-refractivity contribution in [2.24, 2.45) is 33.9 Å². The van der Waals surface area contributed by atoms with Crippen molar-refractivity contribution in [3.63, 3.8) is 0 Å². The van der Waals surface area contributed by atoms with E-state index in [-0.39, 0.29) is 30.7 Å². The van der Waals surface area contributed by atoms with Crippen molar-refractivity contribution in [2.45, 2.75) is 73.6 Å². The van der Waals surface area contributed by atoms with Crippen LogP contribution < -0.4 is 22.3 Å². The number of fused-ring (bicyclic) bond motifs is 5. The Morgan fingerprint density at radius 3 is 2.25 bits per heavy atom.